The number of nitrogen functional groups attached to an aromatic ring is 1. The number of carbonyl (C=O) groups is 3. The summed E-state index contributed by atoms with van der Waals surface area (Å²) in [5.74, 6) is -2.17. The molecule has 4 heterocycles. The van der Waals surface area contributed by atoms with Crippen molar-refractivity contribution in [3.8, 4) is 0 Å². The number of carbonyl (C=O) groups excluding carboxylic acids is 3. The van der Waals surface area contributed by atoms with E-state index in [2.05, 4.69) is 26.1 Å². The highest BCUT2D eigenvalue weighted by Gasteiger charge is 2.53. The SMILES string of the molecule is CO/N=C(/C(=O)N[C@@H]1C(=O)N2C(C(=O)[O-])=C(C[n+]3cccc4c3CCC4)CS[C@@H]12)c1cnc(N)s1. The fourth-order valence-corrected chi connectivity index (χ4v) is 6.65. The molecule has 0 bridgehead atoms. The number of oxime groups is 1. The van der Waals surface area contributed by atoms with Gasteiger partial charge in [0, 0.05) is 35.6 Å². The molecule has 2 aromatic rings. The van der Waals surface area contributed by atoms with E-state index < -0.39 is 29.2 Å². The van der Waals surface area contributed by atoms with Gasteiger partial charge in [0.05, 0.1) is 16.5 Å². The first-order valence-corrected chi connectivity index (χ1v) is 12.8. The molecule has 1 saturated heterocycles. The summed E-state index contributed by atoms with van der Waals surface area (Å²) in [6.07, 6.45) is 6.34. The van der Waals surface area contributed by atoms with Crippen molar-refractivity contribution in [2.75, 3.05) is 18.6 Å². The summed E-state index contributed by atoms with van der Waals surface area (Å²) in [5.41, 5.74) is 8.53. The number of pyridine rings is 1. The summed E-state index contributed by atoms with van der Waals surface area (Å²) in [7, 11) is 1.30. The minimum absolute atomic E-state index is 0.0700. The molecule has 2 amide bonds. The highest BCUT2D eigenvalue weighted by molar-refractivity contribution is 8.00. The Balaban J connectivity index is 1.36. The monoisotopic (exact) mass is 514 g/mol. The Morgan fingerprint density at radius 3 is 2.97 bits per heavy atom. The second kappa shape index (κ2) is 9.30. The highest BCUT2D eigenvalue weighted by atomic mass is 32.2. The Morgan fingerprint density at radius 2 is 2.26 bits per heavy atom. The van der Waals surface area contributed by atoms with E-state index in [1.807, 2.05) is 12.3 Å². The van der Waals surface area contributed by atoms with Gasteiger partial charge < -0.3 is 25.8 Å². The summed E-state index contributed by atoms with van der Waals surface area (Å²) in [5, 5.41) is 18.2. The topological polar surface area (TPSA) is 154 Å². The minimum Gasteiger partial charge on any atom is -0.543 e. The number of aromatic nitrogens is 2. The van der Waals surface area contributed by atoms with Gasteiger partial charge in [-0.15, -0.1) is 11.8 Å². The third-order valence-corrected chi connectivity index (χ3v) is 8.36. The van der Waals surface area contributed by atoms with Crippen LogP contribution in [0.25, 0.3) is 0 Å². The number of aryl methyl sites for hydroxylation is 1. The summed E-state index contributed by atoms with van der Waals surface area (Å²) < 4.78 is 2.05. The van der Waals surface area contributed by atoms with Gasteiger partial charge in [-0.1, -0.05) is 16.5 Å². The molecular formula is C22H22N6O5S2. The van der Waals surface area contributed by atoms with Gasteiger partial charge >= 0.3 is 0 Å². The number of nitrogens with two attached hydrogens (primary N) is 1. The van der Waals surface area contributed by atoms with Crippen LogP contribution < -0.4 is 20.7 Å². The lowest BCUT2D eigenvalue weighted by Crippen LogP contribution is -2.71. The maximum Gasteiger partial charge on any atom is 0.275 e. The van der Waals surface area contributed by atoms with Crippen molar-refractivity contribution < 1.29 is 28.9 Å². The number of amides is 2. The zero-order valence-electron chi connectivity index (χ0n) is 18.7. The fourth-order valence-electron chi connectivity index (χ4n) is 4.66. The van der Waals surface area contributed by atoms with E-state index in [-0.39, 0.29) is 16.5 Å². The molecular weight excluding hydrogens is 492 g/mol. The summed E-state index contributed by atoms with van der Waals surface area (Å²) >= 11 is 2.45. The molecule has 2 atom stereocenters. The Bertz CT molecular complexity index is 1290. The number of anilines is 1. The molecule has 3 N–H and O–H groups in total. The van der Waals surface area contributed by atoms with Crippen molar-refractivity contribution in [1.29, 1.82) is 0 Å². The lowest BCUT2D eigenvalue weighted by molar-refractivity contribution is -0.696. The Labute approximate surface area is 208 Å². The highest BCUT2D eigenvalue weighted by Crippen LogP contribution is 2.40. The second-order valence-electron chi connectivity index (χ2n) is 8.25. The maximum atomic E-state index is 13.0. The zero-order valence-corrected chi connectivity index (χ0v) is 20.4. The lowest BCUT2D eigenvalue weighted by atomic mass is 10.0. The first-order valence-electron chi connectivity index (χ1n) is 10.9. The van der Waals surface area contributed by atoms with Gasteiger partial charge in [-0.25, -0.2) is 4.98 Å². The Hall–Kier alpha value is -3.45. The van der Waals surface area contributed by atoms with E-state index in [9.17, 15) is 19.5 Å². The van der Waals surface area contributed by atoms with Crippen molar-refractivity contribution >= 4 is 51.7 Å². The van der Waals surface area contributed by atoms with E-state index >= 15 is 0 Å². The van der Waals surface area contributed by atoms with Crippen LogP contribution in [-0.4, -0.2) is 57.7 Å². The third kappa shape index (κ3) is 4.14. The number of hydrogen-bond donors (Lipinski definition) is 2. The molecule has 0 unspecified atom stereocenters. The van der Waals surface area contributed by atoms with Gasteiger partial charge in [-0.3, -0.25) is 14.5 Å². The van der Waals surface area contributed by atoms with E-state index in [0.29, 0.717) is 22.7 Å². The quantitative estimate of drug-likeness (QED) is 0.206. The number of nitrogens with zero attached hydrogens (tertiary/aromatic N) is 4. The molecule has 0 saturated carbocycles. The number of thiazole rings is 1. The van der Waals surface area contributed by atoms with Crippen molar-refractivity contribution in [1.82, 2.24) is 15.2 Å². The van der Waals surface area contributed by atoms with Crippen LogP contribution in [-0.2, 0) is 38.6 Å². The number of carboxylic acid groups (broad SMARTS) is 1. The predicted molar refractivity (Wildman–Crippen MR) is 126 cm³/mol. The molecule has 0 radical (unpaired) electrons. The molecule has 1 fully saturated rings. The van der Waals surface area contributed by atoms with Crippen LogP contribution >= 0.6 is 23.1 Å². The van der Waals surface area contributed by atoms with Gasteiger partial charge in [0.1, 0.15) is 18.5 Å². The van der Waals surface area contributed by atoms with Crippen molar-refractivity contribution in [2.45, 2.75) is 37.2 Å². The van der Waals surface area contributed by atoms with Crippen LogP contribution in [0, 0.1) is 0 Å². The van der Waals surface area contributed by atoms with E-state index in [0.717, 1.165) is 30.6 Å². The van der Waals surface area contributed by atoms with Gasteiger partial charge in [0.25, 0.3) is 11.8 Å². The molecule has 0 aromatic carbocycles. The number of β-lactam (4-membered cyclic amide) rings is 1. The van der Waals surface area contributed by atoms with Gasteiger partial charge in [-0.2, -0.15) is 4.57 Å². The number of thioether (sulfide) groups is 1. The van der Waals surface area contributed by atoms with Crippen LogP contribution in [0.4, 0.5) is 5.13 Å². The first-order chi connectivity index (χ1) is 16.9. The molecule has 5 rings (SSSR count). The van der Waals surface area contributed by atoms with Crippen molar-refractivity contribution in [3.05, 3.63) is 51.9 Å². The van der Waals surface area contributed by atoms with E-state index in [1.54, 1.807) is 0 Å². The Morgan fingerprint density at radius 1 is 1.43 bits per heavy atom. The number of rotatable bonds is 7. The molecule has 0 spiro atoms. The van der Waals surface area contributed by atoms with Gasteiger partial charge in [-0.05, 0) is 18.9 Å². The minimum atomic E-state index is -1.40. The van der Waals surface area contributed by atoms with Crippen molar-refractivity contribution in [2.24, 2.45) is 5.16 Å². The zero-order chi connectivity index (χ0) is 24.7. The number of carboxylic acids is 1. The largest absolute Gasteiger partial charge is 0.543 e. The predicted octanol–water partition coefficient (Wildman–Crippen LogP) is -1.04. The smallest absolute Gasteiger partial charge is 0.275 e. The second-order valence-corrected chi connectivity index (χ2v) is 10.4. The number of hydrogen-bond acceptors (Lipinski definition) is 10. The summed E-state index contributed by atoms with van der Waals surface area (Å²) in [4.78, 5) is 48.3. The van der Waals surface area contributed by atoms with E-state index in [1.165, 1.54) is 41.2 Å². The average Bonchev–Trinajstić information content (AvgIpc) is 3.49. The molecule has 13 heteroatoms. The normalized spacial score (nSPS) is 21.3. The molecule has 2 aliphatic heterocycles. The standard InChI is InChI=1S/C22H22N6O5S2/c1-33-26-15(14-8-24-22(23)35-14)18(29)25-16-19(30)28-17(21(31)32)12(10-34-20(16)28)9-27-7-3-5-11-4-2-6-13(11)27/h3,5,7-8,16,20H,2,4,6,9-10H2,1H3,(H3-,23,24,25,26,29,31,32)/t16-,20+/m1/s1. The maximum absolute atomic E-state index is 13.0. The van der Waals surface area contributed by atoms with Crippen LogP contribution in [0.15, 0.2) is 41.0 Å². The van der Waals surface area contributed by atoms with Crippen LogP contribution in [0.2, 0.25) is 0 Å². The first kappa shape index (κ1) is 23.3. The number of fused-ring (bicyclic) bond motifs is 2. The Kier molecular flexibility index (Phi) is 6.19. The lowest BCUT2D eigenvalue weighted by Gasteiger charge is -2.50. The molecule has 3 aliphatic rings. The van der Waals surface area contributed by atoms with Crippen molar-refractivity contribution in [3.63, 3.8) is 0 Å². The van der Waals surface area contributed by atoms with Gasteiger partial charge in [0.15, 0.2) is 29.3 Å². The summed E-state index contributed by atoms with van der Waals surface area (Å²) in [6, 6.07) is 3.13. The molecule has 11 nitrogen and oxygen atoms in total. The van der Waals surface area contributed by atoms with Crippen LogP contribution in [0.3, 0.4) is 0 Å². The third-order valence-electron chi connectivity index (χ3n) is 6.18. The van der Waals surface area contributed by atoms with E-state index in [4.69, 9.17) is 10.6 Å². The summed E-state index contributed by atoms with van der Waals surface area (Å²) in [6.45, 7) is 0.366. The van der Waals surface area contributed by atoms with Crippen LogP contribution in [0.1, 0.15) is 22.6 Å². The molecule has 2 aromatic heterocycles. The van der Waals surface area contributed by atoms with Crippen LogP contribution in [0.5, 0.6) is 0 Å². The molecule has 182 valence electrons. The number of aliphatic carboxylic acids is 1. The fraction of sp³-hybridized carbons (Fsp3) is 0.364. The number of nitrogens with one attached hydrogen (secondary N) is 1. The molecule has 35 heavy (non-hydrogen) atoms. The average molecular weight is 515 g/mol. The molecule has 1 aliphatic carbocycles. The van der Waals surface area contributed by atoms with Gasteiger partial charge in [0.2, 0.25) is 0 Å².